The van der Waals surface area contributed by atoms with Crippen molar-refractivity contribution in [3.63, 3.8) is 0 Å². The van der Waals surface area contributed by atoms with Crippen molar-refractivity contribution in [1.29, 1.82) is 0 Å². The number of rotatable bonds is 5. The first-order chi connectivity index (χ1) is 8.24. The summed E-state index contributed by atoms with van der Waals surface area (Å²) >= 11 is 0. The van der Waals surface area contributed by atoms with Crippen LogP contribution in [-0.4, -0.2) is 23.7 Å². The molecule has 0 amide bonds. The fourth-order valence-corrected chi connectivity index (χ4v) is 2.39. The van der Waals surface area contributed by atoms with E-state index in [1.807, 2.05) is 13.0 Å². The highest BCUT2D eigenvalue weighted by Crippen LogP contribution is 2.16. The zero-order chi connectivity index (χ0) is 12.5. The zero-order valence-electron chi connectivity index (χ0n) is 10.9. The average molecular weight is 239 g/mol. The van der Waals surface area contributed by atoms with Gasteiger partial charge in [0.15, 0.2) is 0 Å². The summed E-state index contributed by atoms with van der Waals surface area (Å²) in [7, 11) is 0. The van der Waals surface area contributed by atoms with Crippen LogP contribution >= 0.6 is 0 Å². The van der Waals surface area contributed by atoms with Crippen molar-refractivity contribution in [1.82, 2.24) is 5.32 Å². The number of carboxylic acids is 1. The number of nitrogens with one attached hydrogen (secondary N) is 1. The fraction of sp³-hybridized carbons (Fsp3) is 0.786. The highest BCUT2D eigenvalue weighted by molar-refractivity contribution is 5.86. The Labute approximate surface area is 104 Å². The summed E-state index contributed by atoms with van der Waals surface area (Å²) in [4.78, 5) is 10.8. The Morgan fingerprint density at radius 3 is 2.35 bits per heavy atom. The van der Waals surface area contributed by atoms with E-state index in [1.165, 1.54) is 44.9 Å². The van der Waals surface area contributed by atoms with Gasteiger partial charge in [-0.25, -0.2) is 4.79 Å². The third kappa shape index (κ3) is 5.87. The van der Waals surface area contributed by atoms with E-state index in [9.17, 15) is 4.79 Å². The first-order valence-corrected chi connectivity index (χ1v) is 6.89. The molecular weight excluding hydrogens is 214 g/mol. The molecule has 17 heavy (non-hydrogen) atoms. The largest absolute Gasteiger partial charge is 0.478 e. The van der Waals surface area contributed by atoms with Gasteiger partial charge in [0.1, 0.15) is 0 Å². The average Bonchev–Trinajstić information content (AvgIpc) is 2.26. The van der Waals surface area contributed by atoms with Crippen molar-refractivity contribution in [2.45, 2.75) is 64.3 Å². The summed E-state index contributed by atoms with van der Waals surface area (Å²) in [5.41, 5.74) is 0.517. The van der Waals surface area contributed by atoms with Gasteiger partial charge < -0.3 is 10.4 Å². The standard InChI is InChI=1S/C14H25NO2/c1-2-12(14(16)17)10-11-15-13-8-6-4-3-5-7-9-13/h10,13,15H,2-9,11H2,1H3,(H,16,17). The first-order valence-electron chi connectivity index (χ1n) is 6.89. The molecule has 1 saturated carbocycles. The van der Waals surface area contributed by atoms with E-state index in [2.05, 4.69) is 5.32 Å². The molecule has 0 saturated heterocycles. The Morgan fingerprint density at radius 1 is 1.24 bits per heavy atom. The SMILES string of the molecule is CCC(=CCNC1CCCCCCC1)C(=O)O. The van der Waals surface area contributed by atoms with E-state index >= 15 is 0 Å². The van der Waals surface area contributed by atoms with Gasteiger partial charge in [0.25, 0.3) is 0 Å². The molecule has 0 radical (unpaired) electrons. The lowest BCUT2D eigenvalue weighted by Crippen LogP contribution is -2.30. The number of hydrogen-bond acceptors (Lipinski definition) is 2. The lowest BCUT2D eigenvalue weighted by atomic mass is 9.97. The third-order valence-electron chi connectivity index (χ3n) is 3.52. The second kappa shape index (κ2) is 8.29. The maximum absolute atomic E-state index is 10.8. The Morgan fingerprint density at radius 2 is 1.82 bits per heavy atom. The second-order valence-corrected chi connectivity index (χ2v) is 4.84. The Bertz CT molecular complexity index is 253. The minimum Gasteiger partial charge on any atom is -0.478 e. The van der Waals surface area contributed by atoms with E-state index < -0.39 is 5.97 Å². The minimum absolute atomic E-state index is 0.517. The third-order valence-corrected chi connectivity index (χ3v) is 3.52. The molecule has 1 rings (SSSR count). The van der Waals surface area contributed by atoms with Gasteiger partial charge in [-0.05, 0) is 19.3 Å². The fourth-order valence-electron chi connectivity index (χ4n) is 2.39. The quantitative estimate of drug-likeness (QED) is 0.725. The number of aliphatic carboxylic acids is 1. The van der Waals surface area contributed by atoms with Gasteiger partial charge in [-0.1, -0.05) is 45.1 Å². The van der Waals surface area contributed by atoms with Crippen LogP contribution in [0.2, 0.25) is 0 Å². The van der Waals surface area contributed by atoms with E-state index in [4.69, 9.17) is 5.11 Å². The maximum atomic E-state index is 10.8. The van der Waals surface area contributed by atoms with E-state index in [1.54, 1.807) is 0 Å². The summed E-state index contributed by atoms with van der Waals surface area (Å²) in [5.74, 6) is -0.785. The van der Waals surface area contributed by atoms with Gasteiger partial charge in [-0.15, -0.1) is 0 Å². The highest BCUT2D eigenvalue weighted by Gasteiger charge is 2.10. The van der Waals surface area contributed by atoms with Gasteiger partial charge in [-0.2, -0.15) is 0 Å². The lowest BCUT2D eigenvalue weighted by Gasteiger charge is -2.20. The topological polar surface area (TPSA) is 49.3 Å². The highest BCUT2D eigenvalue weighted by atomic mass is 16.4. The molecule has 1 aliphatic carbocycles. The molecule has 3 nitrogen and oxygen atoms in total. The van der Waals surface area contributed by atoms with Gasteiger partial charge >= 0.3 is 5.97 Å². The molecule has 0 spiro atoms. The second-order valence-electron chi connectivity index (χ2n) is 4.84. The minimum atomic E-state index is -0.785. The van der Waals surface area contributed by atoms with Crippen LogP contribution in [0.1, 0.15) is 58.3 Å². The van der Waals surface area contributed by atoms with Crippen molar-refractivity contribution >= 4 is 5.97 Å². The van der Waals surface area contributed by atoms with Crippen LogP contribution in [-0.2, 0) is 4.79 Å². The number of carboxylic acid groups (broad SMARTS) is 1. The molecule has 0 atom stereocenters. The van der Waals surface area contributed by atoms with E-state index in [-0.39, 0.29) is 0 Å². The number of carbonyl (C=O) groups is 1. The lowest BCUT2D eigenvalue weighted by molar-refractivity contribution is -0.132. The Kier molecular flexibility index (Phi) is 6.94. The van der Waals surface area contributed by atoms with Crippen LogP contribution in [0, 0.1) is 0 Å². The van der Waals surface area contributed by atoms with E-state index in [0.717, 1.165) is 0 Å². The van der Waals surface area contributed by atoms with Gasteiger partial charge in [0, 0.05) is 18.2 Å². The van der Waals surface area contributed by atoms with E-state index in [0.29, 0.717) is 24.6 Å². The molecule has 0 aromatic heterocycles. The summed E-state index contributed by atoms with van der Waals surface area (Å²) in [6.45, 7) is 2.58. The van der Waals surface area contributed by atoms with Gasteiger partial charge in [0.2, 0.25) is 0 Å². The van der Waals surface area contributed by atoms with Crippen molar-refractivity contribution in [2.75, 3.05) is 6.54 Å². The molecule has 0 aromatic carbocycles. The molecule has 1 fully saturated rings. The number of hydrogen-bond donors (Lipinski definition) is 2. The van der Waals surface area contributed by atoms with Gasteiger partial charge in [0.05, 0.1) is 0 Å². The van der Waals surface area contributed by atoms with Crippen LogP contribution < -0.4 is 5.32 Å². The molecule has 0 bridgehead atoms. The van der Waals surface area contributed by atoms with Crippen LogP contribution in [0.4, 0.5) is 0 Å². The van der Waals surface area contributed by atoms with Crippen LogP contribution in [0.25, 0.3) is 0 Å². The zero-order valence-corrected chi connectivity index (χ0v) is 10.9. The molecule has 1 aliphatic rings. The molecule has 0 aliphatic heterocycles. The summed E-state index contributed by atoms with van der Waals surface area (Å²) < 4.78 is 0. The first kappa shape index (κ1) is 14.2. The van der Waals surface area contributed by atoms with Crippen LogP contribution in [0.15, 0.2) is 11.6 Å². The van der Waals surface area contributed by atoms with Crippen molar-refractivity contribution < 1.29 is 9.90 Å². The Balaban J connectivity index is 2.30. The monoisotopic (exact) mass is 239 g/mol. The molecule has 3 heteroatoms. The molecular formula is C14H25NO2. The molecule has 0 heterocycles. The predicted octanol–water partition coefficient (Wildman–Crippen LogP) is 3.11. The predicted molar refractivity (Wildman–Crippen MR) is 70.1 cm³/mol. The van der Waals surface area contributed by atoms with Crippen LogP contribution in [0.5, 0.6) is 0 Å². The van der Waals surface area contributed by atoms with Gasteiger partial charge in [-0.3, -0.25) is 0 Å². The summed E-state index contributed by atoms with van der Waals surface area (Å²) in [6.07, 6.45) is 11.6. The summed E-state index contributed by atoms with van der Waals surface area (Å²) in [6, 6.07) is 0.582. The molecule has 2 N–H and O–H groups in total. The van der Waals surface area contributed by atoms with Crippen molar-refractivity contribution in [2.24, 2.45) is 0 Å². The van der Waals surface area contributed by atoms with Crippen molar-refractivity contribution in [3.8, 4) is 0 Å². The normalized spacial score (nSPS) is 19.7. The molecule has 0 aromatic rings. The molecule has 0 unspecified atom stereocenters. The maximum Gasteiger partial charge on any atom is 0.331 e. The smallest absolute Gasteiger partial charge is 0.331 e. The van der Waals surface area contributed by atoms with Crippen LogP contribution in [0.3, 0.4) is 0 Å². The summed E-state index contributed by atoms with van der Waals surface area (Å²) in [5, 5.41) is 12.4. The van der Waals surface area contributed by atoms with Crippen molar-refractivity contribution in [3.05, 3.63) is 11.6 Å². The Hall–Kier alpha value is -0.830. The molecule has 98 valence electrons.